The summed E-state index contributed by atoms with van der Waals surface area (Å²) in [5.74, 6) is 0.830. The summed E-state index contributed by atoms with van der Waals surface area (Å²) in [7, 11) is 1.88. The Bertz CT molecular complexity index is 337. The van der Waals surface area contributed by atoms with E-state index in [2.05, 4.69) is 4.98 Å². The molecule has 1 aromatic heterocycles. The van der Waals surface area contributed by atoms with E-state index < -0.39 is 0 Å². The molecule has 84 valence electrons. The second-order valence-corrected chi connectivity index (χ2v) is 4.57. The number of ketones is 1. The van der Waals surface area contributed by atoms with Crippen LogP contribution in [0.1, 0.15) is 26.6 Å². The van der Waals surface area contributed by atoms with Gasteiger partial charge in [0.05, 0.1) is 12.0 Å². The fourth-order valence-electron chi connectivity index (χ4n) is 1.09. The van der Waals surface area contributed by atoms with E-state index in [1.165, 1.54) is 0 Å². The summed E-state index contributed by atoms with van der Waals surface area (Å²) in [6.45, 7) is 5.94. The molecule has 15 heavy (non-hydrogen) atoms. The van der Waals surface area contributed by atoms with E-state index in [9.17, 15) is 4.79 Å². The van der Waals surface area contributed by atoms with Gasteiger partial charge in [0.15, 0.2) is 5.78 Å². The summed E-state index contributed by atoms with van der Waals surface area (Å²) in [5.41, 5.74) is -0.267. The number of aryl methyl sites for hydroxylation is 1. The van der Waals surface area contributed by atoms with E-state index >= 15 is 0 Å². The maximum Gasteiger partial charge on any atom is 0.165 e. The van der Waals surface area contributed by atoms with Crippen LogP contribution in [0, 0.1) is 0 Å². The highest BCUT2D eigenvalue weighted by Crippen LogP contribution is 2.07. The molecule has 0 aliphatic heterocycles. The highest BCUT2D eigenvalue weighted by Gasteiger charge is 2.14. The maximum atomic E-state index is 11.5. The van der Waals surface area contributed by atoms with E-state index in [0.29, 0.717) is 6.42 Å². The summed E-state index contributed by atoms with van der Waals surface area (Å²) in [6.07, 6.45) is 3.85. The maximum absolute atomic E-state index is 11.5. The smallest absolute Gasteiger partial charge is 0.165 e. The molecule has 0 fully saturated rings. The lowest BCUT2D eigenvalue weighted by atomic mass is 10.2. The van der Waals surface area contributed by atoms with E-state index in [-0.39, 0.29) is 18.0 Å². The van der Waals surface area contributed by atoms with Crippen molar-refractivity contribution in [2.24, 2.45) is 7.05 Å². The standard InChI is InChI=1S/C11H18N2O2/c1-11(2,3)15-8-9(14)7-10-12-5-6-13(10)4/h5-6H,7-8H2,1-4H3. The Balaban J connectivity index is 2.41. The molecule has 0 aromatic carbocycles. The molecule has 0 atom stereocenters. The predicted molar refractivity (Wildman–Crippen MR) is 57.6 cm³/mol. The van der Waals surface area contributed by atoms with E-state index in [4.69, 9.17) is 4.74 Å². The summed E-state index contributed by atoms with van der Waals surface area (Å²) in [5, 5.41) is 0. The van der Waals surface area contributed by atoms with Crippen LogP contribution in [0.3, 0.4) is 0 Å². The fourth-order valence-corrected chi connectivity index (χ4v) is 1.09. The van der Waals surface area contributed by atoms with Crippen molar-refractivity contribution >= 4 is 5.78 Å². The van der Waals surface area contributed by atoms with Crippen LogP contribution in [-0.4, -0.2) is 27.5 Å². The van der Waals surface area contributed by atoms with Gasteiger partial charge in [-0.05, 0) is 20.8 Å². The first-order valence-electron chi connectivity index (χ1n) is 5.00. The fraction of sp³-hybridized carbons (Fsp3) is 0.636. The van der Waals surface area contributed by atoms with Gasteiger partial charge in [0.1, 0.15) is 12.4 Å². The molecule has 4 nitrogen and oxygen atoms in total. The molecule has 0 spiro atoms. The zero-order chi connectivity index (χ0) is 11.5. The van der Waals surface area contributed by atoms with Gasteiger partial charge < -0.3 is 9.30 Å². The van der Waals surface area contributed by atoms with Crippen molar-refractivity contribution in [2.45, 2.75) is 32.8 Å². The largest absolute Gasteiger partial charge is 0.368 e. The number of nitrogens with zero attached hydrogens (tertiary/aromatic N) is 2. The number of hydrogen-bond donors (Lipinski definition) is 0. The van der Waals surface area contributed by atoms with E-state index in [0.717, 1.165) is 5.82 Å². The third-order valence-corrected chi connectivity index (χ3v) is 1.94. The Morgan fingerprint density at radius 2 is 2.20 bits per heavy atom. The predicted octanol–water partition coefficient (Wildman–Crippen LogP) is 1.35. The molecule has 0 unspecified atom stereocenters. The molecule has 0 N–H and O–H groups in total. The minimum Gasteiger partial charge on any atom is -0.368 e. The summed E-state index contributed by atoms with van der Waals surface area (Å²) in [6, 6.07) is 0. The van der Waals surface area contributed by atoms with Gasteiger partial charge in [-0.3, -0.25) is 4.79 Å². The number of carbonyl (C=O) groups is 1. The monoisotopic (exact) mass is 210 g/mol. The Kier molecular flexibility index (Phi) is 3.63. The third kappa shape index (κ3) is 4.25. The summed E-state index contributed by atoms with van der Waals surface area (Å²) in [4.78, 5) is 15.6. The molecule has 1 heterocycles. The number of imidazole rings is 1. The molecule has 0 saturated carbocycles. The normalized spacial score (nSPS) is 11.7. The first-order valence-corrected chi connectivity index (χ1v) is 5.00. The van der Waals surface area contributed by atoms with Crippen molar-refractivity contribution in [3.05, 3.63) is 18.2 Å². The van der Waals surface area contributed by atoms with Gasteiger partial charge in [0.25, 0.3) is 0 Å². The average Bonchev–Trinajstić information content (AvgIpc) is 2.47. The van der Waals surface area contributed by atoms with Crippen LogP contribution in [0.5, 0.6) is 0 Å². The van der Waals surface area contributed by atoms with Crippen LogP contribution in [-0.2, 0) is 23.0 Å². The Morgan fingerprint density at radius 3 is 2.67 bits per heavy atom. The number of hydrogen-bond acceptors (Lipinski definition) is 3. The van der Waals surface area contributed by atoms with Crippen LogP contribution >= 0.6 is 0 Å². The van der Waals surface area contributed by atoms with E-state index in [1.807, 2.05) is 38.6 Å². The van der Waals surface area contributed by atoms with Gasteiger partial charge in [-0.25, -0.2) is 4.98 Å². The molecule has 0 aliphatic carbocycles. The van der Waals surface area contributed by atoms with Crippen LogP contribution < -0.4 is 0 Å². The molecule has 0 bridgehead atoms. The van der Waals surface area contributed by atoms with Gasteiger partial charge in [-0.2, -0.15) is 0 Å². The van der Waals surface area contributed by atoms with Crippen LogP contribution in [0.15, 0.2) is 12.4 Å². The van der Waals surface area contributed by atoms with Crippen molar-refractivity contribution in [1.29, 1.82) is 0 Å². The van der Waals surface area contributed by atoms with Crippen LogP contribution in [0.4, 0.5) is 0 Å². The van der Waals surface area contributed by atoms with Crippen molar-refractivity contribution in [1.82, 2.24) is 9.55 Å². The number of rotatable bonds is 4. The molecule has 1 rings (SSSR count). The van der Waals surface area contributed by atoms with Gasteiger partial charge in [-0.15, -0.1) is 0 Å². The lowest BCUT2D eigenvalue weighted by Crippen LogP contribution is -2.25. The molecule has 0 amide bonds. The Hall–Kier alpha value is -1.16. The SMILES string of the molecule is Cn1ccnc1CC(=O)COC(C)(C)C. The Morgan fingerprint density at radius 1 is 1.53 bits per heavy atom. The first kappa shape index (κ1) is 11.9. The van der Waals surface area contributed by atoms with Crippen molar-refractivity contribution in [3.8, 4) is 0 Å². The van der Waals surface area contributed by atoms with Gasteiger partial charge in [0.2, 0.25) is 0 Å². The minimum atomic E-state index is -0.267. The summed E-state index contributed by atoms with van der Waals surface area (Å²) < 4.78 is 7.24. The Labute approximate surface area is 90.3 Å². The zero-order valence-corrected chi connectivity index (χ0v) is 9.78. The molecular weight excluding hydrogens is 192 g/mol. The molecule has 0 radical (unpaired) electrons. The number of ether oxygens (including phenoxy) is 1. The quantitative estimate of drug-likeness (QED) is 0.753. The van der Waals surface area contributed by atoms with Crippen molar-refractivity contribution in [2.75, 3.05) is 6.61 Å². The van der Waals surface area contributed by atoms with Gasteiger partial charge in [0, 0.05) is 19.4 Å². The highest BCUT2D eigenvalue weighted by atomic mass is 16.5. The third-order valence-electron chi connectivity index (χ3n) is 1.94. The van der Waals surface area contributed by atoms with E-state index in [1.54, 1.807) is 6.20 Å². The number of carbonyl (C=O) groups excluding carboxylic acids is 1. The zero-order valence-electron chi connectivity index (χ0n) is 9.78. The van der Waals surface area contributed by atoms with Crippen molar-refractivity contribution in [3.63, 3.8) is 0 Å². The molecule has 1 aromatic rings. The lowest BCUT2D eigenvalue weighted by Gasteiger charge is -2.18. The number of aromatic nitrogens is 2. The second kappa shape index (κ2) is 4.57. The van der Waals surface area contributed by atoms with Crippen molar-refractivity contribution < 1.29 is 9.53 Å². The number of Topliss-reactive ketones (excluding diaryl/α,β-unsaturated/α-hetero) is 1. The average molecular weight is 210 g/mol. The molecule has 0 aliphatic rings. The molecule has 4 heteroatoms. The minimum absolute atomic E-state index is 0.0548. The molecule has 0 saturated heterocycles. The second-order valence-electron chi connectivity index (χ2n) is 4.57. The molecular formula is C11H18N2O2. The van der Waals surface area contributed by atoms with Crippen LogP contribution in [0.25, 0.3) is 0 Å². The summed E-state index contributed by atoms with van der Waals surface area (Å²) >= 11 is 0. The topological polar surface area (TPSA) is 44.1 Å². The highest BCUT2D eigenvalue weighted by molar-refractivity contribution is 5.81. The first-order chi connectivity index (χ1) is 6.88. The lowest BCUT2D eigenvalue weighted by molar-refractivity contribution is -0.127. The van der Waals surface area contributed by atoms with Gasteiger partial charge >= 0.3 is 0 Å². The van der Waals surface area contributed by atoms with Crippen LogP contribution in [0.2, 0.25) is 0 Å². The van der Waals surface area contributed by atoms with Gasteiger partial charge in [-0.1, -0.05) is 0 Å².